The molecule has 16 heavy (non-hydrogen) atoms. The van der Waals surface area contributed by atoms with E-state index in [4.69, 9.17) is 9.47 Å². The van der Waals surface area contributed by atoms with Crippen LogP contribution in [0.1, 0.15) is 25.3 Å². The van der Waals surface area contributed by atoms with E-state index in [2.05, 4.69) is 12.2 Å². The lowest BCUT2D eigenvalue weighted by molar-refractivity contribution is 0.397. The first-order chi connectivity index (χ1) is 7.81. The van der Waals surface area contributed by atoms with E-state index in [-0.39, 0.29) is 0 Å². The Labute approximate surface area is 97.8 Å². The van der Waals surface area contributed by atoms with Gasteiger partial charge in [-0.25, -0.2) is 0 Å². The first-order valence-electron chi connectivity index (χ1n) is 5.73. The SMILES string of the molecule is CCCCNCc1cc(OC)ccc1OC. The summed E-state index contributed by atoms with van der Waals surface area (Å²) in [5.74, 6) is 1.78. The first kappa shape index (κ1) is 12.8. The second kappa shape index (κ2) is 7.12. The third-order valence-electron chi connectivity index (χ3n) is 2.51. The molecule has 0 unspecified atom stereocenters. The molecule has 0 fully saturated rings. The molecule has 0 aromatic heterocycles. The third-order valence-corrected chi connectivity index (χ3v) is 2.51. The predicted octanol–water partition coefficient (Wildman–Crippen LogP) is 2.59. The summed E-state index contributed by atoms with van der Waals surface area (Å²) >= 11 is 0. The van der Waals surface area contributed by atoms with E-state index in [0.717, 1.165) is 30.2 Å². The molecule has 0 saturated carbocycles. The molecule has 0 amide bonds. The van der Waals surface area contributed by atoms with Crippen molar-refractivity contribution in [1.82, 2.24) is 5.32 Å². The van der Waals surface area contributed by atoms with Crippen LogP contribution in [-0.2, 0) is 6.54 Å². The van der Waals surface area contributed by atoms with E-state index in [1.807, 2.05) is 18.2 Å². The number of unbranched alkanes of at least 4 members (excludes halogenated alkanes) is 1. The normalized spacial score (nSPS) is 10.2. The van der Waals surface area contributed by atoms with Gasteiger partial charge in [-0.3, -0.25) is 0 Å². The van der Waals surface area contributed by atoms with Gasteiger partial charge in [-0.05, 0) is 31.2 Å². The number of hydrogen-bond donors (Lipinski definition) is 1. The van der Waals surface area contributed by atoms with Gasteiger partial charge in [0, 0.05) is 12.1 Å². The maximum Gasteiger partial charge on any atom is 0.123 e. The number of rotatable bonds is 7. The van der Waals surface area contributed by atoms with Crippen LogP contribution < -0.4 is 14.8 Å². The summed E-state index contributed by atoms with van der Waals surface area (Å²) in [6.45, 7) is 4.05. The molecule has 0 radical (unpaired) electrons. The molecule has 0 spiro atoms. The van der Waals surface area contributed by atoms with Crippen LogP contribution in [0.25, 0.3) is 0 Å². The smallest absolute Gasteiger partial charge is 0.123 e. The Hall–Kier alpha value is -1.22. The summed E-state index contributed by atoms with van der Waals surface area (Å²) < 4.78 is 10.5. The first-order valence-corrected chi connectivity index (χ1v) is 5.73. The van der Waals surface area contributed by atoms with E-state index in [1.54, 1.807) is 14.2 Å². The molecule has 0 atom stereocenters. The van der Waals surface area contributed by atoms with E-state index < -0.39 is 0 Å². The van der Waals surface area contributed by atoms with Gasteiger partial charge >= 0.3 is 0 Å². The molecule has 0 aliphatic carbocycles. The molecule has 0 aliphatic rings. The maximum absolute atomic E-state index is 5.31. The van der Waals surface area contributed by atoms with Gasteiger partial charge in [0.1, 0.15) is 11.5 Å². The fourth-order valence-corrected chi connectivity index (χ4v) is 1.54. The minimum Gasteiger partial charge on any atom is -0.497 e. The molecular weight excluding hydrogens is 202 g/mol. The van der Waals surface area contributed by atoms with Crippen LogP contribution in [0.15, 0.2) is 18.2 Å². The summed E-state index contributed by atoms with van der Waals surface area (Å²) in [6.07, 6.45) is 2.41. The van der Waals surface area contributed by atoms with Crippen molar-refractivity contribution >= 4 is 0 Å². The highest BCUT2D eigenvalue weighted by Crippen LogP contribution is 2.23. The average Bonchev–Trinajstić information content (AvgIpc) is 2.34. The van der Waals surface area contributed by atoms with Crippen molar-refractivity contribution in [2.24, 2.45) is 0 Å². The largest absolute Gasteiger partial charge is 0.497 e. The van der Waals surface area contributed by atoms with Crippen LogP contribution in [0.2, 0.25) is 0 Å². The molecule has 0 saturated heterocycles. The van der Waals surface area contributed by atoms with Crippen LogP contribution in [0.3, 0.4) is 0 Å². The molecule has 1 N–H and O–H groups in total. The van der Waals surface area contributed by atoms with Crippen molar-refractivity contribution in [2.45, 2.75) is 26.3 Å². The predicted molar refractivity (Wildman–Crippen MR) is 66.2 cm³/mol. The number of methoxy groups -OCH3 is 2. The summed E-state index contributed by atoms with van der Waals surface area (Å²) in [5.41, 5.74) is 1.14. The zero-order valence-corrected chi connectivity index (χ0v) is 10.4. The fourth-order valence-electron chi connectivity index (χ4n) is 1.54. The zero-order valence-electron chi connectivity index (χ0n) is 10.4. The van der Waals surface area contributed by atoms with Crippen LogP contribution in [0, 0.1) is 0 Å². The molecule has 0 heterocycles. The van der Waals surface area contributed by atoms with Crippen LogP contribution in [-0.4, -0.2) is 20.8 Å². The third kappa shape index (κ3) is 3.74. The zero-order chi connectivity index (χ0) is 11.8. The minimum absolute atomic E-state index is 0.820. The van der Waals surface area contributed by atoms with Crippen molar-refractivity contribution in [1.29, 1.82) is 0 Å². The quantitative estimate of drug-likeness (QED) is 0.721. The van der Waals surface area contributed by atoms with Crippen molar-refractivity contribution in [3.05, 3.63) is 23.8 Å². The fraction of sp³-hybridized carbons (Fsp3) is 0.538. The van der Waals surface area contributed by atoms with Crippen LogP contribution in [0.5, 0.6) is 11.5 Å². The molecule has 1 aromatic carbocycles. The number of benzene rings is 1. The van der Waals surface area contributed by atoms with E-state index in [9.17, 15) is 0 Å². The van der Waals surface area contributed by atoms with Gasteiger partial charge in [-0.15, -0.1) is 0 Å². The van der Waals surface area contributed by atoms with Crippen LogP contribution >= 0.6 is 0 Å². The van der Waals surface area contributed by atoms with Gasteiger partial charge in [0.25, 0.3) is 0 Å². The van der Waals surface area contributed by atoms with Gasteiger partial charge in [0.2, 0.25) is 0 Å². The Morgan fingerprint density at radius 2 is 2.00 bits per heavy atom. The monoisotopic (exact) mass is 223 g/mol. The maximum atomic E-state index is 5.31. The highest BCUT2D eigenvalue weighted by molar-refractivity contribution is 5.40. The van der Waals surface area contributed by atoms with Gasteiger partial charge in [0.05, 0.1) is 14.2 Å². The van der Waals surface area contributed by atoms with E-state index in [0.29, 0.717) is 0 Å². The Morgan fingerprint density at radius 1 is 1.19 bits per heavy atom. The summed E-state index contributed by atoms with van der Waals surface area (Å²) in [7, 11) is 3.37. The highest BCUT2D eigenvalue weighted by atomic mass is 16.5. The standard InChI is InChI=1S/C13H21NO2/c1-4-5-8-14-10-11-9-12(15-2)6-7-13(11)16-3/h6-7,9,14H,4-5,8,10H2,1-3H3. The Balaban J connectivity index is 2.60. The molecule has 0 bridgehead atoms. The Morgan fingerprint density at radius 3 is 2.62 bits per heavy atom. The lowest BCUT2D eigenvalue weighted by Gasteiger charge is -2.11. The molecule has 3 nitrogen and oxygen atoms in total. The molecule has 3 heteroatoms. The summed E-state index contributed by atoms with van der Waals surface area (Å²) in [6, 6.07) is 5.86. The van der Waals surface area contributed by atoms with E-state index in [1.165, 1.54) is 12.8 Å². The van der Waals surface area contributed by atoms with Crippen molar-refractivity contribution in [3.8, 4) is 11.5 Å². The minimum atomic E-state index is 0.820. The summed E-state index contributed by atoms with van der Waals surface area (Å²) in [4.78, 5) is 0. The van der Waals surface area contributed by atoms with Crippen molar-refractivity contribution in [2.75, 3.05) is 20.8 Å². The number of ether oxygens (including phenoxy) is 2. The molecule has 0 aliphatic heterocycles. The number of nitrogens with one attached hydrogen (secondary N) is 1. The van der Waals surface area contributed by atoms with Crippen LogP contribution in [0.4, 0.5) is 0 Å². The lowest BCUT2D eigenvalue weighted by atomic mass is 10.2. The van der Waals surface area contributed by atoms with Crippen molar-refractivity contribution < 1.29 is 9.47 Å². The van der Waals surface area contributed by atoms with Gasteiger partial charge in [0.15, 0.2) is 0 Å². The lowest BCUT2D eigenvalue weighted by Crippen LogP contribution is -2.15. The Kier molecular flexibility index (Phi) is 5.72. The molecule has 1 rings (SSSR count). The molecule has 1 aromatic rings. The number of hydrogen-bond acceptors (Lipinski definition) is 3. The van der Waals surface area contributed by atoms with Gasteiger partial charge in [-0.1, -0.05) is 13.3 Å². The van der Waals surface area contributed by atoms with Gasteiger partial charge in [-0.2, -0.15) is 0 Å². The molecular formula is C13H21NO2. The Bertz CT molecular complexity index is 313. The van der Waals surface area contributed by atoms with E-state index >= 15 is 0 Å². The van der Waals surface area contributed by atoms with Gasteiger partial charge < -0.3 is 14.8 Å². The highest BCUT2D eigenvalue weighted by Gasteiger charge is 2.04. The summed E-state index contributed by atoms with van der Waals surface area (Å²) in [5, 5.41) is 3.39. The topological polar surface area (TPSA) is 30.5 Å². The second-order valence-corrected chi connectivity index (χ2v) is 3.71. The average molecular weight is 223 g/mol. The second-order valence-electron chi connectivity index (χ2n) is 3.71. The molecule has 90 valence electrons. The van der Waals surface area contributed by atoms with Crippen molar-refractivity contribution in [3.63, 3.8) is 0 Å².